The molecule has 6 nitrogen and oxygen atoms in total. The Bertz CT molecular complexity index is 563. The summed E-state index contributed by atoms with van der Waals surface area (Å²) in [5.74, 6) is -2.56. The molecule has 1 amide bonds. The maximum Gasteiger partial charge on any atom is 0.348 e. The monoisotopic (exact) mass is 297 g/mol. The summed E-state index contributed by atoms with van der Waals surface area (Å²) in [6, 6.07) is 0. The van der Waals surface area contributed by atoms with Crippen molar-refractivity contribution < 1.29 is 24.6 Å². The van der Waals surface area contributed by atoms with E-state index in [1.807, 2.05) is 0 Å². The summed E-state index contributed by atoms with van der Waals surface area (Å²) in [6.45, 7) is 0. The number of anilines is 1. The Morgan fingerprint density at radius 3 is 2.45 bits per heavy atom. The topological polar surface area (TPSA) is 104 Å². The van der Waals surface area contributed by atoms with Gasteiger partial charge in [0.15, 0.2) is 0 Å². The highest BCUT2D eigenvalue weighted by Crippen LogP contribution is 2.38. The van der Waals surface area contributed by atoms with Gasteiger partial charge in [-0.05, 0) is 31.2 Å². The molecule has 1 aromatic heterocycles. The molecule has 1 heterocycles. The van der Waals surface area contributed by atoms with Crippen LogP contribution in [0.1, 0.15) is 45.8 Å². The van der Waals surface area contributed by atoms with Gasteiger partial charge in [0.25, 0.3) is 0 Å². The van der Waals surface area contributed by atoms with E-state index in [0.717, 1.165) is 36.1 Å². The first-order valence-corrected chi connectivity index (χ1v) is 7.20. The lowest BCUT2D eigenvalue weighted by Crippen LogP contribution is -2.16. The van der Waals surface area contributed by atoms with Gasteiger partial charge in [-0.1, -0.05) is 0 Å². The van der Waals surface area contributed by atoms with Crippen molar-refractivity contribution in [1.29, 1.82) is 0 Å². The standard InChI is InChI=1S/C13H15NO5S/c15-9(5-6-10(16)17)14-11-7-3-1-2-4-8(7)20-12(11)13(18)19/h1-6H2,(H,14,15)(H,16,17)(H,18,19). The van der Waals surface area contributed by atoms with Crippen LogP contribution in [0, 0.1) is 0 Å². The van der Waals surface area contributed by atoms with Crippen molar-refractivity contribution in [1.82, 2.24) is 0 Å². The third-order valence-electron chi connectivity index (χ3n) is 3.20. The van der Waals surface area contributed by atoms with E-state index >= 15 is 0 Å². The van der Waals surface area contributed by atoms with E-state index in [0.29, 0.717) is 5.69 Å². The minimum atomic E-state index is -1.06. The average Bonchev–Trinajstić information content (AvgIpc) is 2.76. The Morgan fingerprint density at radius 1 is 1.10 bits per heavy atom. The van der Waals surface area contributed by atoms with Crippen LogP contribution in [0.15, 0.2) is 0 Å². The van der Waals surface area contributed by atoms with Crippen LogP contribution in [-0.2, 0) is 22.4 Å². The molecule has 1 aliphatic rings. The molecule has 0 aromatic carbocycles. The second-order valence-electron chi connectivity index (χ2n) is 4.66. The van der Waals surface area contributed by atoms with Gasteiger partial charge >= 0.3 is 11.9 Å². The van der Waals surface area contributed by atoms with Crippen molar-refractivity contribution in [3.05, 3.63) is 15.3 Å². The molecular weight excluding hydrogens is 282 g/mol. The Labute approximate surface area is 119 Å². The van der Waals surface area contributed by atoms with Crippen molar-refractivity contribution in [3.63, 3.8) is 0 Å². The highest BCUT2D eigenvalue weighted by atomic mass is 32.1. The van der Waals surface area contributed by atoms with Crippen molar-refractivity contribution in [3.8, 4) is 0 Å². The molecule has 0 saturated carbocycles. The number of carboxylic acids is 2. The van der Waals surface area contributed by atoms with E-state index in [1.165, 1.54) is 11.3 Å². The number of nitrogens with one attached hydrogen (secondary N) is 1. The fourth-order valence-corrected chi connectivity index (χ4v) is 3.45. The largest absolute Gasteiger partial charge is 0.481 e. The van der Waals surface area contributed by atoms with Crippen LogP contribution >= 0.6 is 11.3 Å². The fourth-order valence-electron chi connectivity index (χ4n) is 2.27. The molecule has 0 fully saturated rings. The van der Waals surface area contributed by atoms with Gasteiger partial charge in [0.2, 0.25) is 5.91 Å². The number of thiophene rings is 1. The summed E-state index contributed by atoms with van der Waals surface area (Å²) in [5.41, 5.74) is 1.27. The molecule has 1 aromatic rings. The predicted octanol–water partition coefficient (Wildman–Crippen LogP) is 2.13. The zero-order valence-corrected chi connectivity index (χ0v) is 11.6. The molecule has 3 N–H and O–H groups in total. The molecule has 0 aliphatic heterocycles. The number of fused-ring (bicyclic) bond motifs is 1. The van der Waals surface area contributed by atoms with Gasteiger partial charge < -0.3 is 15.5 Å². The van der Waals surface area contributed by atoms with Gasteiger partial charge in [0.05, 0.1) is 12.1 Å². The van der Waals surface area contributed by atoms with E-state index in [4.69, 9.17) is 5.11 Å². The first kappa shape index (κ1) is 14.5. The van der Waals surface area contributed by atoms with Crippen LogP contribution in [0.5, 0.6) is 0 Å². The number of hydrogen-bond acceptors (Lipinski definition) is 4. The molecule has 0 spiro atoms. The maximum absolute atomic E-state index is 11.7. The van der Waals surface area contributed by atoms with E-state index in [1.54, 1.807) is 0 Å². The molecule has 0 atom stereocenters. The van der Waals surface area contributed by atoms with Gasteiger partial charge in [-0.15, -0.1) is 11.3 Å². The van der Waals surface area contributed by atoms with Gasteiger partial charge in [0.1, 0.15) is 4.88 Å². The normalized spacial score (nSPS) is 13.6. The first-order chi connectivity index (χ1) is 9.49. The van der Waals surface area contributed by atoms with E-state index < -0.39 is 17.8 Å². The summed E-state index contributed by atoms with van der Waals surface area (Å²) in [5, 5.41) is 20.3. The molecule has 0 radical (unpaired) electrons. The van der Waals surface area contributed by atoms with Crippen LogP contribution in [0.25, 0.3) is 0 Å². The Morgan fingerprint density at radius 2 is 1.80 bits per heavy atom. The van der Waals surface area contributed by atoms with Gasteiger partial charge in [-0.3, -0.25) is 9.59 Å². The number of carbonyl (C=O) groups is 3. The zero-order valence-electron chi connectivity index (χ0n) is 10.8. The van der Waals surface area contributed by atoms with Crippen molar-refractivity contribution in [2.24, 2.45) is 0 Å². The van der Waals surface area contributed by atoms with E-state index in [-0.39, 0.29) is 17.7 Å². The molecule has 1 aliphatic carbocycles. The van der Waals surface area contributed by atoms with Gasteiger partial charge in [0, 0.05) is 11.3 Å². The van der Waals surface area contributed by atoms with E-state index in [2.05, 4.69) is 5.32 Å². The Kier molecular flexibility index (Phi) is 4.39. The second kappa shape index (κ2) is 6.04. The maximum atomic E-state index is 11.7. The molecular formula is C13H15NO5S. The first-order valence-electron chi connectivity index (χ1n) is 6.38. The van der Waals surface area contributed by atoms with Crippen LogP contribution in [0.4, 0.5) is 5.69 Å². The lowest BCUT2D eigenvalue weighted by molar-refractivity contribution is -0.138. The van der Waals surface area contributed by atoms with Crippen LogP contribution in [0.2, 0.25) is 0 Å². The summed E-state index contributed by atoms with van der Waals surface area (Å²) in [4.78, 5) is 34.6. The Hall–Kier alpha value is -1.89. The molecule has 0 bridgehead atoms. The molecule has 0 unspecified atom stereocenters. The summed E-state index contributed by atoms with van der Waals surface area (Å²) < 4.78 is 0. The Balaban J connectivity index is 2.21. The third kappa shape index (κ3) is 3.16. The van der Waals surface area contributed by atoms with Crippen molar-refractivity contribution >= 4 is 34.9 Å². The van der Waals surface area contributed by atoms with Gasteiger partial charge in [-0.25, -0.2) is 4.79 Å². The van der Waals surface area contributed by atoms with Crippen LogP contribution in [0.3, 0.4) is 0 Å². The number of rotatable bonds is 5. The molecule has 2 rings (SSSR count). The number of aromatic carboxylic acids is 1. The number of aryl methyl sites for hydroxylation is 1. The highest BCUT2D eigenvalue weighted by molar-refractivity contribution is 7.14. The van der Waals surface area contributed by atoms with Crippen LogP contribution in [-0.4, -0.2) is 28.1 Å². The average molecular weight is 297 g/mol. The number of amides is 1. The molecule has 0 saturated heterocycles. The zero-order chi connectivity index (χ0) is 14.7. The quantitative estimate of drug-likeness (QED) is 0.772. The molecule has 7 heteroatoms. The lowest BCUT2D eigenvalue weighted by Gasteiger charge is -2.13. The number of aliphatic carboxylic acids is 1. The summed E-state index contributed by atoms with van der Waals surface area (Å²) >= 11 is 1.21. The second-order valence-corrected chi connectivity index (χ2v) is 5.77. The predicted molar refractivity (Wildman–Crippen MR) is 73.4 cm³/mol. The SMILES string of the molecule is O=C(O)CCC(=O)Nc1c(C(=O)O)sc2c1CCCC2. The number of carboxylic acid groups (broad SMARTS) is 2. The molecule has 108 valence electrons. The molecule has 20 heavy (non-hydrogen) atoms. The minimum Gasteiger partial charge on any atom is -0.481 e. The van der Waals surface area contributed by atoms with Crippen molar-refractivity contribution in [2.75, 3.05) is 5.32 Å². The summed E-state index contributed by atoms with van der Waals surface area (Å²) in [6.07, 6.45) is 3.18. The fraction of sp³-hybridized carbons (Fsp3) is 0.462. The van der Waals surface area contributed by atoms with Crippen LogP contribution < -0.4 is 5.32 Å². The minimum absolute atomic E-state index is 0.139. The number of carbonyl (C=O) groups excluding carboxylic acids is 1. The van der Waals surface area contributed by atoms with Gasteiger partial charge in [-0.2, -0.15) is 0 Å². The smallest absolute Gasteiger partial charge is 0.348 e. The third-order valence-corrected chi connectivity index (χ3v) is 4.48. The lowest BCUT2D eigenvalue weighted by atomic mass is 9.97. The highest BCUT2D eigenvalue weighted by Gasteiger charge is 2.25. The van der Waals surface area contributed by atoms with Crippen molar-refractivity contribution in [2.45, 2.75) is 38.5 Å². The summed E-state index contributed by atoms with van der Waals surface area (Å²) in [7, 11) is 0. The van der Waals surface area contributed by atoms with E-state index in [9.17, 15) is 19.5 Å². The number of hydrogen-bond donors (Lipinski definition) is 3.